The highest BCUT2D eigenvalue weighted by atomic mass is 79.9. The van der Waals surface area contributed by atoms with Gasteiger partial charge in [-0.25, -0.2) is 13.1 Å². The van der Waals surface area contributed by atoms with Gasteiger partial charge < -0.3 is 9.47 Å². The predicted molar refractivity (Wildman–Crippen MR) is 128 cm³/mol. The van der Waals surface area contributed by atoms with Gasteiger partial charge in [-0.15, -0.1) is 5.10 Å². The quantitative estimate of drug-likeness (QED) is 0.453. The van der Waals surface area contributed by atoms with E-state index in [2.05, 4.69) is 40.1 Å². The zero-order chi connectivity index (χ0) is 23.6. The molecule has 0 saturated heterocycles. The highest BCUT2D eigenvalue weighted by Crippen LogP contribution is 2.35. The SMILES string of the molecule is COc1ccc(Cn2cc(CN3[C@@H](CC(C)C)COc4cc(Br)ccc4S3(=O)=O)nn2)cc1. The Kier molecular flexibility index (Phi) is 7.06. The average Bonchev–Trinajstić information content (AvgIpc) is 3.18. The van der Waals surface area contributed by atoms with Crippen LogP contribution in [0.1, 0.15) is 31.5 Å². The van der Waals surface area contributed by atoms with Gasteiger partial charge in [-0.05, 0) is 48.2 Å². The largest absolute Gasteiger partial charge is 0.497 e. The van der Waals surface area contributed by atoms with E-state index in [1.807, 2.05) is 24.3 Å². The van der Waals surface area contributed by atoms with Crippen LogP contribution in [-0.2, 0) is 23.1 Å². The third kappa shape index (κ3) is 5.39. The van der Waals surface area contributed by atoms with E-state index in [9.17, 15) is 8.42 Å². The van der Waals surface area contributed by atoms with Crippen LogP contribution in [0.15, 0.2) is 58.0 Å². The molecule has 8 nitrogen and oxygen atoms in total. The first kappa shape index (κ1) is 23.7. The Morgan fingerprint density at radius 3 is 2.64 bits per heavy atom. The van der Waals surface area contributed by atoms with Crippen molar-refractivity contribution in [2.75, 3.05) is 13.7 Å². The van der Waals surface area contributed by atoms with Crippen LogP contribution in [0.2, 0.25) is 0 Å². The number of hydrogen-bond donors (Lipinski definition) is 0. The van der Waals surface area contributed by atoms with Crippen LogP contribution in [0.5, 0.6) is 11.5 Å². The first-order valence-corrected chi connectivity index (χ1v) is 13.0. The monoisotopic (exact) mass is 534 g/mol. The Labute approximate surface area is 202 Å². The average molecular weight is 535 g/mol. The molecule has 10 heteroatoms. The second-order valence-corrected chi connectivity index (χ2v) is 11.3. The Hall–Kier alpha value is -2.43. The van der Waals surface area contributed by atoms with Crippen molar-refractivity contribution in [3.63, 3.8) is 0 Å². The minimum Gasteiger partial charge on any atom is -0.497 e. The summed E-state index contributed by atoms with van der Waals surface area (Å²) in [6.07, 6.45) is 2.47. The first-order chi connectivity index (χ1) is 15.8. The maximum absolute atomic E-state index is 13.7. The van der Waals surface area contributed by atoms with Crippen molar-refractivity contribution in [3.05, 3.63) is 64.4 Å². The molecule has 2 aromatic carbocycles. The molecular weight excluding hydrogens is 508 g/mol. The van der Waals surface area contributed by atoms with E-state index in [0.29, 0.717) is 30.3 Å². The van der Waals surface area contributed by atoms with Gasteiger partial charge in [-0.1, -0.05) is 47.1 Å². The van der Waals surface area contributed by atoms with E-state index < -0.39 is 10.0 Å². The van der Waals surface area contributed by atoms with Gasteiger partial charge in [0, 0.05) is 4.47 Å². The highest BCUT2D eigenvalue weighted by molar-refractivity contribution is 9.10. The minimum atomic E-state index is -3.79. The second kappa shape index (κ2) is 9.82. The summed E-state index contributed by atoms with van der Waals surface area (Å²) in [5.41, 5.74) is 1.63. The lowest BCUT2D eigenvalue weighted by Gasteiger charge is -2.28. The predicted octanol–water partition coefficient (Wildman–Crippen LogP) is 4.10. The molecule has 33 heavy (non-hydrogen) atoms. The number of methoxy groups -OCH3 is 1. The number of rotatable bonds is 7. The maximum Gasteiger partial charge on any atom is 0.247 e. The molecule has 1 atom stereocenters. The molecule has 0 unspecified atom stereocenters. The van der Waals surface area contributed by atoms with Crippen molar-refractivity contribution in [2.24, 2.45) is 5.92 Å². The summed E-state index contributed by atoms with van der Waals surface area (Å²) in [5, 5.41) is 8.46. The number of fused-ring (bicyclic) bond motifs is 1. The smallest absolute Gasteiger partial charge is 0.247 e. The summed E-state index contributed by atoms with van der Waals surface area (Å²) in [6, 6.07) is 12.4. The normalized spacial score (nSPS) is 17.9. The van der Waals surface area contributed by atoms with Crippen LogP contribution in [0.3, 0.4) is 0 Å². The number of sulfonamides is 1. The lowest BCUT2D eigenvalue weighted by molar-refractivity contribution is 0.186. The van der Waals surface area contributed by atoms with Crippen LogP contribution >= 0.6 is 15.9 Å². The van der Waals surface area contributed by atoms with E-state index >= 15 is 0 Å². The molecule has 0 bridgehead atoms. The van der Waals surface area contributed by atoms with Crippen LogP contribution in [0, 0.1) is 5.92 Å². The maximum atomic E-state index is 13.7. The number of hydrogen-bond acceptors (Lipinski definition) is 6. The summed E-state index contributed by atoms with van der Waals surface area (Å²) in [4.78, 5) is 0.169. The van der Waals surface area contributed by atoms with Gasteiger partial charge in [0.1, 0.15) is 23.0 Å². The Bertz CT molecular complexity index is 1210. The number of aromatic nitrogens is 3. The fourth-order valence-electron chi connectivity index (χ4n) is 3.91. The molecule has 0 radical (unpaired) electrons. The van der Waals surface area contributed by atoms with Gasteiger partial charge in [0.15, 0.2) is 0 Å². The standard InChI is InChI=1S/C23H27BrN4O4S/c1-16(2)10-20-15-32-22-11-18(24)6-9-23(22)33(29,30)28(20)14-19-13-27(26-25-19)12-17-4-7-21(31-3)8-5-17/h4-9,11,13,16,20H,10,12,14-15H2,1-3H3/t20-/m0/s1. The van der Waals surface area contributed by atoms with Crippen molar-refractivity contribution in [3.8, 4) is 11.5 Å². The fourth-order valence-corrected chi connectivity index (χ4v) is 5.96. The van der Waals surface area contributed by atoms with Crippen molar-refractivity contribution < 1.29 is 17.9 Å². The van der Waals surface area contributed by atoms with E-state index in [1.165, 1.54) is 4.31 Å². The van der Waals surface area contributed by atoms with Crippen LogP contribution in [0.4, 0.5) is 0 Å². The summed E-state index contributed by atoms with van der Waals surface area (Å²) >= 11 is 3.40. The van der Waals surface area contributed by atoms with E-state index in [4.69, 9.17) is 9.47 Å². The zero-order valence-electron chi connectivity index (χ0n) is 18.8. The molecular formula is C23H27BrN4O4S. The van der Waals surface area contributed by atoms with Gasteiger partial charge in [-0.2, -0.15) is 4.31 Å². The molecule has 1 aliphatic heterocycles. The number of benzene rings is 2. The molecule has 3 aromatic rings. The Morgan fingerprint density at radius 1 is 1.18 bits per heavy atom. The molecule has 4 rings (SSSR count). The van der Waals surface area contributed by atoms with E-state index in [-0.39, 0.29) is 24.1 Å². The zero-order valence-corrected chi connectivity index (χ0v) is 21.2. The molecule has 176 valence electrons. The molecule has 0 fully saturated rings. The van der Waals surface area contributed by atoms with Crippen molar-refractivity contribution in [1.82, 2.24) is 19.3 Å². The molecule has 1 aliphatic rings. The minimum absolute atomic E-state index is 0.126. The Balaban J connectivity index is 1.60. The molecule has 0 aliphatic carbocycles. The van der Waals surface area contributed by atoms with Gasteiger partial charge in [0.25, 0.3) is 0 Å². The third-order valence-electron chi connectivity index (χ3n) is 5.48. The molecule has 0 N–H and O–H groups in total. The van der Waals surface area contributed by atoms with Crippen LogP contribution in [0.25, 0.3) is 0 Å². The number of ether oxygens (including phenoxy) is 2. The summed E-state index contributed by atoms with van der Waals surface area (Å²) in [6.45, 7) is 5.08. The molecule has 2 heterocycles. The highest BCUT2D eigenvalue weighted by Gasteiger charge is 2.38. The number of halogens is 1. The fraction of sp³-hybridized carbons (Fsp3) is 0.391. The molecule has 1 aromatic heterocycles. The Morgan fingerprint density at radius 2 is 1.94 bits per heavy atom. The summed E-state index contributed by atoms with van der Waals surface area (Å²) < 4.78 is 42.4. The van der Waals surface area contributed by atoms with E-state index in [1.54, 1.807) is 36.2 Å². The number of nitrogens with zero attached hydrogens (tertiary/aromatic N) is 4. The van der Waals surface area contributed by atoms with Gasteiger partial charge in [0.05, 0.1) is 38.1 Å². The van der Waals surface area contributed by atoms with Crippen LogP contribution < -0.4 is 9.47 Å². The lowest BCUT2D eigenvalue weighted by Crippen LogP contribution is -2.42. The van der Waals surface area contributed by atoms with Gasteiger partial charge in [-0.3, -0.25) is 0 Å². The van der Waals surface area contributed by atoms with Crippen molar-refractivity contribution >= 4 is 26.0 Å². The van der Waals surface area contributed by atoms with E-state index in [0.717, 1.165) is 15.8 Å². The molecule has 0 saturated carbocycles. The lowest BCUT2D eigenvalue weighted by atomic mass is 10.0. The molecule has 0 amide bonds. The first-order valence-electron chi connectivity index (χ1n) is 10.7. The van der Waals surface area contributed by atoms with Gasteiger partial charge in [0.2, 0.25) is 10.0 Å². The molecule has 0 spiro atoms. The second-order valence-electron chi connectivity index (χ2n) is 8.49. The van der Waals surface area contributed by atoms with Crippen molar-refractivity contribution in [2.45, 2.75) is 44.3 Å². The van der Waals surface area contributed by atoms with Crippen molar-refractivity contribution in [1.29, 1.82) is 0 Å². The van der Waals surface area contributed by atoms with Crippen LogP contribution in [-0.4, -0.2) is 47.5 Å². The summed E-state index contributed by atoms with van der Waals surface area (Å²) in [7, 11) is -2.16. The summed E-state index contributed by atoms with van der Waals surface area (Å²) in [5.74, 6) is 1.45. The van der Waals surface area contributed by atoms with Gasteiger partial charge >= 0.3 is 0 Å². The third-order valence-corrected chi connectivity index (χ3v) is 7.91. The topological polar surface area (TPSA) is 86.5 Å².